The Hall–Kier alpha value is -3.37. The van der Waals surface area contributed by atoms with Crippen LogP contribution in [0.15, 0.2) is 95.6 Å². The van der Waals surface area contributed by atoms with Gasteiger partial charge in [-0.05, 0) is 48.0 Å². The molecule has 0 aliphatic carbocycles. The molecule has 1 amide bonds. The van der Waals surface area contributed by atoms with E-state index < -0.39 is 0 Å². The number of benzene rings is 3. The van der Waals surface area contributed by atoms with E-state index in [4.69, 9.17) is 16.3 Å². The third-order valence-electron chi connectivity index (χ3n) is 3.97. The Balaban J connectivity index is 1.73. The van der Waals surface area contributed by atoms with Gasteiger partial charge in [-0.15, -0.1) is 0 Å². The summed E-state index contributed by atoms with van der Waals surface area (Å²) in [5.74, 6) is 0.307. The van der Waals surface area contributed by atoms with Crippen LogP contribution in [0.25, 0.3) is 6.08 Å². The molecule has 27 heavy (non-hydrogen) atoms. The zero-order valence-electron chi connectivity index (χ0n) is 14.2. The number of aliphatic imine (C=N–C) groups is 1. The Labute approximate surface area is 162 Å². The van der Waals surface area contributed by atoms with E-state index in [0.717, 1.165) is 5.56 Å². The molecule has 0 atom stereocenters. The number of rotatable bonds is 3. The number of ether oxygens (including phenoxy) is 1. The highest BCUT2D eigenvalue weighted by atomic mass is 35.5. The van der Waals surface area contributed by atoms with Gasteiger partial charge in [-0.3, -0.25) is 4.79 Å². The third-order valence-corrected chi connectivity index (χ3v) is 4.22. The average molecular weight is 375 g/mol. The van der Waals surface area contributed by atoms with Crippen LogP contribution in [0.3, 0.4) is 0 Å². The summed E-state index contributed by atoms with van der Waals surface area (Å²) in [6.07, 6.45) is 1.75. The second kappa shape index (κ2) is 7.48. The van der Waals surface area contributed by atoms with E-state index in [0.29, 0.717) is 22.2 Å². The van der Waals surface area contributed by atoms with Crippen LogP contribution < -0.4 is 9.64 Å². The van der Waals surface area contributed by atoms with Gasteiger partial charge in [0.15, 0.2) is 0 Å². The van der Waals surface area contributed by atoms with E-state index in [-0.39, 0.29) is 11.9 Å². The second-order valence-corrected chi connectivity index (χ2v) is 6.30. The monoisotopic (exact) mass is 374 g/mol. The molecule has 0 bridgehead atoms. The van der Waals surface area contributed by atoms with Gasteiger partial charge in [0.25, 0.3) is 5.91 Å². The van der Waals surface area contributed by atoms with Crippen LogP contribution in [0.1, 0.15) is 5.56 Å². The first-order chi connectivity index (χ1) is 13.2. The molecule has 0 saturated heterocycles. The Bertz CT molecular complexity index is 1010. The number of amides is 1. The van der Waals surface area contributed by atoms with Crippen LogP contribution in [-0.4, -0.2) is 11.9 Å². The second-order valence-electron chi connectivity index (χ2n) is 5.87. The van der Waals surface area contributed by atoms with Gasteiger partial charge >= 0.3 is 6.02 Å². The number of nitrogens with zero attached hydrogens (tertiary/aromatic N) is 2. The summed E-state index contributed by atoms with van der Waals surface area (Å²) < 4.78 is 5.89. The summed E-state index contributed by atoms with van der Waals surface area (Å²) in [5.41, 5.74) is 1.89. The molecule has 0 unspecified atom stereocenters. The van der Waals surface area contributed by atoms with Gasteiger partial charge < -0.3 is 4.74 Å². The lowest BCUT2D eigenvalue weighted by Gasteiger charge is -2.17. The summed E-state index contributed by atoms with van der Waals surface area (Å²) in [5, 5.41) is 0.608. The van der Waals surface area contributed by atoms with Gasteiger partial charge in [0.05, 0.1) is 5.69 Å². The minimum absolute atomic E-state index is 0.204. The lowest BCUT2D eigenvalue weighted by molar-refractivity contribution is -0.113. The highest BCUT2D eigenvalue weighted by Gasteiger charge is 2.33. The topological polar surface area (TPSA) is 41.9 Å². The van der Waals surface area contributed by atoms with Crippen LogP contribution in [0.5, 0.6) is 5.75 Å². The summed E-state index contributed by atoms with van der Waals surface area (Å²) >= 11 is 5.93. The van der Waals surface area contributed by atoms with Crippen molar-refractivity contribution in [2.24, 2.45) is 4.99 Å². The van der Waals surface area contributed by atoms with E-state index in [1.165, 1.54) is 4.90 Å². The molecule has 132 valence electrons. The van der Waals surface area contributed by atoms with Crippen molar-refractivity contribution in [1.29, 1.82) is 0 Å². The van der Waals surface area contributed by atoms with E-state index >= 15 is 0 Å². The average Bonchev–Trinajstić information content (AvgIpc) is 3.00. The number of amidine groups is 1. The Morgan fingerprint density at radius 2 is 1.48 bits per heavy atom. The first kappa shape index (κ1) is 17.1. The number of carbonyl (C=O) groups is 1. The molecule has 0 saturated carbocycles. The number of para-hydroxylation sites is 1. The third kappa shape index (κ3) is 3.76. The fraction of sp³-hybridized carbons (Fsp3) is 0. The van der Waals surface area contributed by atoms with Crippen molar-refractivity contribution in [1.82, 2.24) is 0 Å². The van der Waals surface area contributed by atoms with E-state index in [2.05, 4.69) is 4.99 Å². The predicted molar refractivity (Wildman–Crippen MR) is 108 cm³/mol. The highest BCUT2D eigenvalue weighted by molar-refractivity contribution is 6.30. The van der Waals surface area contributed by atoms with E-state index in [1.54, 1.807) is 30.3 Å². The Kier molecular flexibility index (Phi) is 4.73. The summed E-state index contributed by atoms with van der Waals surface area (Å²) in [4.78, 5) is 18.9. The Morgan fingerprint density at radius 3 is 2.15 bits per heavy atom. The van der Waals surface area contributed by atoms with Crippen LogP contribution in [0, 0.1) is 0 Å². The molecule has 0 spiro atoms. The minimum atomic E-state index is -0.242. The molecule has 4 rings (SSSR count). The standard InChI is InChI=1S/C22H15ClN2O2/c23-17-11-13-19(14-12-17)27-22-24-20(15-16-7-3-1-4-8-16)21(26)25(22)18-9-5-2-6-10-18/h1-15H/b20-15+. The van der Waals surface area contributed by atoms with E-state index in [1.807, 2.05) is 60.7 Å². The SMILES string of the molecule is O=C1/C(=C\c2ccccc2)N=C(Oc2ccc(Cl)cc2)N1c1ccccc1. The van der Waals surface area contributed by atoms with Crippen LogP contribution in [-0.2, 0) is 4.79 Å². The summed E-state index contributed by atoms with van der Waals surface area (Å²) in [6.45, 7) is 0. The number of anilines is 1. The zero-order chi connectivity index (χ0) is 18.6. The fourth-order valence-electron chi connectivity index (χ4n) is 2.68. The normalized spacial score (nSPS) is 15.1. The van der Waals surface area contributed by atoms with Crippen LogP contribution in [0.2, 0.25) is 5.02 Å². The van der Waals surface area contributed by atoms with Gasteiger partial charge in [-0.1, -0.05) is 60.1 Å². The number of hydrogen-bond donors (Lipinski definition) is 0. The molecule has 1 aliphatic heterocycles. The minimum Gasteiger partial charge on any atom is -0.425 e. The quantitative estimate of drug-likeness (QED) is 0.594. The van der Waals surface area contributed by atoms with Gasteiger partial charge in [0.1, 0.15) is 11.4 Å². The smallest absolute Gasteiger partial charge is 0.310 e. The van der Waals surface area contributed by atoms with E-state index in [9.17, 15) is 4.79 Å². The molecule has 1 heterocycles. The van der Waals surface area contributed by atoms with Crippen molar-refractivity contribution in [2.75, 3.05) is 4.90 Å². The molecule has 0 aromatic heterocycles. The number of halogens is 1. The predicted octanol–water partition coefficient (Wildman–Crippen LogP) is 5.16. The van der Waals surface area contributed by atoms with Crippen molar-refractivity contribution in [3.63, 3.8) is 0 Å². The largest absolute Gasteiger partial charge is 0.425 e. The van der Waals surface area contributed by atoms with Gasteiger partial charge in [-0.25, -0.2) is 4.90 Å². The fourth-order valence-corrected chi connectivity index (χ4v) is 2.81. The first-order valence-electron chi connectivity index (χ1n) is 8.39. The first-order valence-corrected chi connectivity index (χ1v) is 8.77. The van der Waals surface area contributed by atoms with Crippen molar-refractivity contribution < 1.29 is 9.53 Å². The number of carbonyl (C=O) groups excluding carboxylic acids is 1. The maximum atomic E-state index is 13.0. The molecule has 0 radical (unpaired) electrons. The van der Waals surface area contributed by atoms with Crippen LogP contribution >= 0.6 is 11.6 Å². The van der Waals surface area contributed by atoms with Gasteiger partial charge in [0, 0.05) is 5.02 Å². The molecule has 0 N–H and O–H groups in total. The lowest BCUT2D eigenvalue weighted by atomic mass is 10.2. The highest BCUT2D eigenvalue weighted by Crippen LogP contribution is 2.27. The van der Waals surface area contributed by atoms with Crippen LogP contribution in [0.4, 0.5) is 5.69 Å². The van der Waals surface area contributed by atoms with Gasteiger partial charge in [0.2, 0.25) is 0 Å². The maximum Gasteiger partial charge on any atom is 0.310 e. The summed E-state index contributed by atoms with van der Waals surface area (Å²) in [7, 11) is 0. The molecule has 3 aromatic carbocycles. The molecule has 5 heteroatoms. The van der Waals surface area contributed by atoms with Crippen molar-refractivity contribution >= 4 is 35.3 Å². The summed E-state index contributed by atoms with van der Waals surface area (Å²) in [6, 6.07) is 26.0. The van der Waals surface area contributed by atoms with Crippen molar-refractivity contribution in [3.05, 3.63) is 101 Å². The maximum absolute atomic E-state index is 13.0. The molecule has 0 fully saturated rings. The molecular weight excluding hydrogens is 360 g/mol. The molecule has 4 nitrogen and oxygen atoms in total. The molecule has 1 aliphatic rings. The molecule has 3 aromatic rings. The molecular formula is C22H15ClN2O2. The Morgan fingerprint density at radius 1 is 0.852 bits per heavy atom. The van der Waals surface area contributed by atoms with Gasteiger partial charge in [-0.2, -0.15) is 4.99 Å². The van der Waals surface area contributed by atoms with Crippen molar-refractivity contribution in [2.45, 2.75) is 0 Å². The van der Waals surface area contributed by atoms with Crippen molar-refractivity contribution in [3.8, 4) is 5.75 Å². The number of hydrogen-bond acceptors (Lipinski definition) is 3. The zero-order valence-corrected chi connectivity index (χ0v) is 15.0. The lowest BCUT2D eigenvalue weighted by Crippen LogP contribution is -2.35.